The van der Waals surface area contributed by atoms with E-state index in [1.54, 1.807) is 4.90 Å². The molecule has 1 fully saturated rings. The van der Waals surface area contributed by atoms with E-state index in [1.807, 2.05) is 12.1 Å². The summed E-state index contributed by atoms with van der Waals surface area (Å²) in [6.07, 6.45) is 4.89. The summed E-state index contributed by atoms with van der Waals surface area (Å²) in [5.41, 5.74) is 2.57. The Kier molecular flexibility index (Phi) is 3.95. The summed E-state index contributed by atoms with van der Waals surface area (Å²) < 4.78 is 0. The molecule has 21 heavy (non-hydrogen) atoms. The fraction of sp³-hybridized carbons (Fsp3) is 0.529. The number of hydrogen-bond donors (Lipinski definition) is 1. The molecule has 112 valence electrons. The largest absolute Gasteiger partial charge is 0.480 e. The van der Waals surface area contributed by atoms with E-state index in [-0.39, 0.29) is 11.8 Å². The number of fused-ring (bicyclic) bond motifs is 1. The molecule has 1 heterocycles. The topological polar surface area (TPSA) is 57.6 Å². The standard InChI is InChI=1S/C17H21NO3/c19-16(18-10-4-3-7-15(18)17(20)21)14-9-8-12-5-1-2-6-13(12)11-14/h1-2,5-6,14-15H,3-4,7-11H2,(H,20,21). The van der Waals surface area contributed by atoms with Crippen LogP contribution in [0.4, 0.5) is 0 Å². The normalized spacial score (nSPS) is 25.2. The van der Waals surface area contributed by atoms with Crippen molar-refractivity contribution in [3.63, 3.8) is 0 Å². The Balaban J connectivity index is 1.75. The van der Waals surface area contributed by atoms with Crippen LogP contribution in [0.15, 0.2) is 24.3 Å². The molecule has 3 rings (SSSR count). The molecule has 1 aromatic carbocycles. The van der Waals surface area contributed by atoms with Crippen LogP contribution >= 0.6 is 0 Å². The molecule has 2 atom stereocenters. The van der Waals surface area contributed by atoms with Gasteiger partial charge in [-0.05, 0) is 49.7 Å². The molecule has 0 saturated carbocycles. The number of carbonyl (C=O) groups excluding carboxylic acids is 1. The number of rotatable bonds is 2. The fourth-order valence-electron chi connectivity index (χ4n) is 3.60. The number of hydrogen-bond acceptors (Lipinski definition) is 2. The maximum atomic E-state index is 12.7. The van der Waals surface area contributed by atoms with Crippen LogP contribution in [-0.4, -0.2) is 34.5 Å². The summed E-state index contributed by atoms with van der Waals surface area (Å²) >= 11 is 0. The van der Waals surface area contributed by atoms with E-state index in [1.165, 1.54) is 11.1 Å². The van der Waals surface area contributed by atoms with Gasteiger partial charge >= 0.3 is 5.97 Å². The molecule has 1 aromatic rings. The second kappa shape index (κ2) is 5.88. The molecule has 2 unspecified atom stereocenters. The zero-order chi connectivity index (χ0) is 14.8. The smallest absolute Gasteiger partial charge is 0.326 e. The number of piperidine rings is 1. The Hall–Kier alpha value is -1.84. The van der Waals surface area contributed by atoms with Gasteiger partial charge in [-0.1, -0.05) is 24.3 Å². The van der Waals surface area contributed by atoms with Crippen molar-refractivity contribution >= 4 is 11.9 Å². The SMILES string of the molecule is O=C(O)C1CCCCN1C(=O)C1CCc2ccccc2C1. The van der Waals surface area contributed by atoms with E-state index in [4.69, 9.17) is 0 Å². The minimum absolute atomic E-state index is 0.0385. The number of benzene rings is 1. The molecule has 1 N–H and O–H groups in total. The van der Waals surface area contributed by atoms with E-state index in [9.17, 15) is 14.7 Å². The molecule has 4 nitrogen and oxygen atoms in total. The van der Waals surface area contributed by atoms with E-state index in [0.717, 1.165) is 32.1 Å². The van der Waals surface area contributed by atoms with Gasteiger partial charge in [-0.25, -0.2) is 4.79 Å². The number of amides is 1. The van der Waals surface area contributed by atoms with E-state index >= 15 is 0 Å². The third kappa shape index (κ3) is 2.80. The van der Waals surface area contributed by atoms with Crippen LogP contribution in [0.25, 0.3) is 0 Å². The van der Waals surface area contributed by atoms with Crippen molar-refractivity contribution in [1.82, 2.24) is 4.90 Å². The highest BCUT2D eigenvalue weighted by molar-refractivity contribution is 5.85. The maximum absolute atomic E-state index is 12.7. The van der Waals surface area contributed by atoms with Gasteiger partial charge in [-0.2, -0.15) is 0 Å². The number of nitrogens with zero attached hydrogens (tertiary/aromatic N) is 1. The predicted octanol–water partition coefficient (Wildman–Crippen LogP) is 2.26. The molecule has 4 heteroatoms. The first-order valence-electron chi connectivity index (χ1n) is 7.77. The fourth-order valence-corrected chi connectivity index (χ4v) is 3.60. The van der Waals surface area contributed by atoms with Crippen molar-refractivity contribution in [2.75, 3.05) is 6.54 Å². The second-order valence-corrected chi connectivity index (χ2v) is 6.09. The van der Waals surface area contributed by atoms with Crippen molar-refractivity contribution in [1.29, 1.82) is 0 Å². The van der Waals surface area contributed by atoms with Crippen LogP contribution in [0.3, 0.4) is 0 Å². The van der Waals surface area contributed by atoms with E-state index < -0.39 is 12.0 Å². The number of aryl methyl sites for hydroxylation is 1. The lowest BCUT2D eigenvalue weighted by atomic mass is 9.82. The molecule has 0 radical (unpaired) electrons. The average Bonchev–Trinajstić information content (AvgIpc) is 2.53. The van der Waals surface area contributed by atoms with Gasteiger partial charge in [0.25, 0.3) is 0 Å². The van der Waals surface area contributed by atoms with Crippen LogP contribution in [-0.2, 0) is 22.4 Å². The van der Waals surface area contributed by atoms with Gasteiger partial charge < -0.3 is 10.0 Å². The molecule has 0 spiro atoms. The Labute approximate surface area is 124 Å². The highest BCUT2D eigenvalue weighted by atomic mass is 16.4. The summed E-state index contributed by atoms with van der Waals surface area (Å²) in [6.45, 7) is 0.591. The van der Waals surface area contributed by atoms with E-state index in [2.05, 4.69) is 12.1 Å². The number of carboxylic acids is 1. The molecular weight excluding hydrogens is 266 g/mol. The lowest BCUT2D eigenvalue weighted by molar-refractivity contribution is -0.154. The van der Waals surface area contributed by atoms with Crippen LogP contribution in [0, 0.1) is 5.92 Å². The summed E-state index contributed by atoms with van der Waals surface area (Å²) in [4.78, 5) is 25.7. The quantitative estimate of drug-likeness (QED) is 0.907. The lowest BCUT2D eigenvalue weighted by Crippen LogP contribution is -2.50. The minimum Gasteiger partial charge on any atom is -0.480 e. The first-order chi connectivity index (χ1) is 10.2. The van der Waals surface area contributed by atoms with Crippen molar-refractivity contribution in [2.45, 2.75) is 44.6 Å². The van der Waals surface area contributed by atoms with Crippen LogP contribution < -0.4 is 0 Å². The predicted molar refractivity (Wildman–Crippen MR) is 78.9 cm³/mol. The molecule has 0 aromatic heterocycles. The van der Waals surface area contributed by atoms with Crippen LogP contribution in [0.2, 0.25) is 0 Å². The van der Waals surface area contributed by atoms with Gasteiger partial charge in [0, 0.05) is 12.5 Å². The number of likely N-dealkylation sites (tertiary alicyclic amines) is 1. The number of aliphatic carboxylic acids is 1. The summed E-state index contributed by atoms with van der Waals surface area (Å²) in [6, 6.07) is 7.62. The Morgan fingerprint density at radius 1 is 1.10 bits per heavy atom. The molecule has 0 bridgehead atoms. The third-order valence-corrected chi connectivity index (χ3v) is 4.77. The van der Waals surface area contributed by atoms with Crippen molar-refractivity contribution in [3.8, 4) is 0 Å². The molecule has 1 aliphatic carbocycles. The Bertz CT molecular complexity index is 555. The molecule has 1 saturated heterocycles. The van der Waals surface area contributed by atoms with Gasteiger partial charge in [-0.3, -0.25) is 4.79 Å². The zero-order valence-electron chi connectivity index (χ0n) is 12.1. The minimum atomic E-state index is -0.862. The van der Waals surface area contributed by atoms with Crippen LogP contribution in [0.1, 0.15) is 36.8 Å². The molecule has 1 amide bonds. The zero-order valence-corrected chi connectivity index (χ0v) is 12.1. The van der Waals surface area contributed by atoms with Gasteiger partial charge in [0.1, 0.15) is 6.04 Å². The first kappa shape index (κ1) is 14.1. The highest BCUT2D eigenvalue weighted by Crippen LogP contribution is 2.29. The van der Waals surface area contributed by atoms with Gasteiger partial charge in [0.2, 0.25) is 5.91 Å². The van der Waals surface area contributed by atoms with Crippen molar-refractivity contribution < 1.29 is 14.7 Å². The van der Waals surface area contributed by atoms with Crippen molar-refractivity contribution in [3.05, 3.63) is 35.4 Å². The Morgan fingerprint density at radius 3 is 2.62 bits per heavy atom. The molecule has 2 aliphatic rings. The van der Waals surface area contributed by atoms with Gasteiger partial charge in [0.15, 0.2) is 0 Å². The van der Waals surface area contributed by atoms with Crippen molar-refractivity contribution in [2.24, 2.45) is 5.92 Å². The maximum Gasteiger partial charge on any atom is 0.326 e. The first-order valence-corrected chi connectivity index (χ1v) is 7.77. The summed E-state index contributed by atoms with van der Waals surface area (Å²) in [7, 11) is 0. The van der Waals surface area contributed by atoms with Gasteiger partial charge in [-0.15, -0.1) is 0 Å². The third-order valence-electron chi connectivity index (χ3n) is 4.77. The monoisotopic (exact) mass is 287 g/mol. The Morgan fingerprint density at radius 2 is 1.86 bits per heavy atom. The molecular formula is C17H21NO3. The highest BCUT2D eigenvalue weighted by Gasteiger charge is 2.36. The number of carboxylic acid groups (broad SMARTS) is 1. The van der Waals surface area contributed by atoms with Gasteiger partial charge in [0.05, 0.1) is 0 Å². The number of carbonyl (C=O) groups is 2. The van der Waals surface area contributed by atoms with E-state index in [0.29, 0.717) is 13.0 Å². The van der Waals surface area contributed by atoms with Crippen LogP contribution in [0.5, 0.6) is 0 Å². The second-order valence-electron chi connectivity index (χ2n) is 6.09. The summed E-state index contributed by atoms with van der Waals surface area (Å²) in [5, 5.41) is 9.32. The average molecular weight is 287 g/mol. The lowest BCUT2D eigenvalue weighted by Gasteiger charge is -2.36. The summed E-state index contributed by atoms with van der Waals surface area (Å²) in [5.74, 6) is -0.879. The molecule has 1 aliphatic heterocycles.